The van der Waals surface area contributed by atoms with Gasteiger partial charge in [0.05, 0.1) is 0 Å². The summed E-state index contributed by atoms with van der Waals surface area (Å²) in [6.45, 7) is 3.61. The number of ketones is 2. The highest BCUT2D eigenvalue weighted by Gasteiger charge is 2.31. The Morgan fingerprint density at radius 1 is 1.11 bits per heavy atom. The number of aryl methyl sites for hydroxylation is 1. The van der Waals surface area contributed by atoms with Crippen LogP contribution in [0.25, 0.3) is 0 Å². The van der Waals surface area contributed by atoms with Crippen molar-refractivity contribution in [1.29, 1.82) is 0 Å². The molecule has 0 amide bonds. The zero-order chi connectivity index (χ0) is 14.0. The van der Waals surface area contributed by atoms with E-state index in [9.17, 15) is 14.7 Å². The first-order valence-corrected chi connectivity index (χ1v) is 6.69. The molecule has 0 saturated carbocycles. The summed E-state index contributed by atoms with van der Waals surface area (Å²) < 4.78 is 0. The molecule has 1 N–H and O–H groups in total. The van der Waals surface area contributed by atoms with Gasteiger partial charge in [0.25, 0.3) is 0 Å². The first-order valence-electron chi connectivity index (χ1n) is 6.69. The summed E-state index contributed by atoms with van der Waals surface area (Å²) in [6, 6.07) is 5.34. The van der Waals surface area contributed by atoms with Gasteiger partial charge in [0.1, 0.15) is 0 Å². The molecule has 0 saturated heterocycles. The molecule has 0 spiro atoms. The molecule has 0 bridgehead atoms. The molecule has 1 aromatic rings. The Morgan fingerprint density at radius 2 is 1.84 bits per heavy atom. The first kappa shape index (κ1) is 13.5. The van der Waals surface area contributed by atoms with Gasteiger partial charge in [0.2, 0.25) is 5.78 Å². The SMILES string of the molecule is CCCCCc1cccc2c1C(=O)C(O)=C(C)C2=O. The Hall–Kier alpha value is -1.90. The van der Waals surface area contributed by atoms with E-state index in [2.05, 4.69) is 6.92 Å². The molecule has 19 heavy (non-hydrogen) atoms. The summed E-state index contributed by atoms with van der Waals surface area (Å²) >= 11 is 0. The number of hydrogen-bond acceptors (Lipinski definition) is 3. The van der Waals surface area contributed by atoms with Gasteiger partial charge in [-0.1, -0.05) is 38.0 Å². The number of benzene rings is 1. The second kappa shape index (κ2) is 5.39. The Morgan fingerprint density at radius 3 is 2.53 bits per heavy atom. The lowest BCUT2D eigenvalue weighted by molar-refractivity contribution is 0.0928. The lowest BCUT2D eigenvalue weighted by Crippen LogP contribution is -2.22. The van der Waals surface area contributed by atoms with Gasteiger partial charge in [-0.15, -0.1) is 0 Å². The average Bonchev–Trinajstić information content (AvgIpc) is 2.43. The molecule has 0 aromatic heterocycles. The lowest BCUT2D eigenvalue weighted by atomic mass is 9.84. The molecular weight excluding hydrogens is 240 g/mol. The van der Waals surface area contributed by atoms with Crippen LogP contribution in [0.4, 0.5) is 0 Å². The van der Waals surface area contributed by atoms with Crippen LogP contribution in [0.1, 0.15) is 59.4 Å². The number of Topliss-reactive ketones (excluding diaryl/α,β-unsaturated/α-hetero) is 2. The van der Waals surface area contributed by atoms with Crippen LogP contribution in [0.2, 0.25) is 0 Å². The summed E-state index contributed by atoms with van der Waals surface area (Å²) in [7, 11) is 0. The van der Waals surface area contributed by atoms with Crippen LogP contribution in [-0.4, -0.2) is 16.7 Å². The van der Waals surface area contributed by atoms with Gasteiger partial charge in [-0.3, -0.25) is 9.59 Å². The number of unbranched alkanes of at least 4 members (excludes halogenated alkanes) is 2. The predicted octanol–water partition coefficient (Wildman–Crippen LogP) is 3.63. The largest absolute Gasteiger partial charge is 0.504 e. The normalized spacial score (nSPS) is 14.8. The number of aliphatic hydroxyl groups is 1. The Kier molecular flexibility index (Phi) is 3.84. The maximum atomic E-state index is 12.2. The van der Waals surface area contributed by atoms with Crippen molar-refractivity contribution in [1.82, 2.24) is 0 Å². The molecule has 0 radical (unpaired) electrons. The minimum Gasteiger partial charge on any atom is -0.504 e. The van der Waals surface area contributed by atoms with E-state index in [1.54, 1.807) is 12.1 Å². The smallest absolute Gasteiger partial charge is 0.228 e. The Bertz CT molecular complexity index is 567. The van der Waals surface area contributed by atoms with Gasteiger partial charge >= 0.3 is 0 Å². The highest BCUT2D eigenvalue weighted by molar-refractivity contribution is 6.26. The summed E-state index contributed by atoms with van der Waals surface area (Å²) in [6.07, 6.45) is 3.94. The van der Waals surface area contributed by atoms with Crippen molar-refractivity contribution in [3.05, 3.63) is 46.2 Å². The van der Waals surface area contributed by atoms with Crippen LogP contribution in [-0.2, 0) is 6.42 Å². The summed E-state index contributed by atoms with van der Waals surface area (Å²) in [5, 5.41) is 9.77. The highest BCUT2D eigenvalue weighted by Crippen LogP contribution is 2.28. The standard InChI is InChI=1S/C16H18O3/c1-3-4-5-7-11-8-6-9-12-13(11)16(19)15(18)10(2)14(12)17/h6,8-9,18H,3-5,7H2,1-2H3. The number of aliphatic hydroxyl groups excluding tert-OH is 1. The van der Waals surface area contributed by atoms with E-state index in [1.165, 1.54) is 6.92 Å². The van der Waals surface area contributed by atoms with Crippen LogP contribution in [0.15, 0.2) is 29.5 Å². The topological polar surface area (TPSA) is 54.4 Å². The van der Waals surface area contributed by atoms with Crippen LogP contribution in [0, 0.1) is 0 Å². The molecule has 0 unspecified atom stereocenters. The maximum absolute atomic E-state index is 12.2. The van der Waals surface area contributed by atoms with Crippen molar-refractivity contribution in [2.45, 2.75) is 39.5 Å². The Labute approximate surface area is 113 Å². The molecule has 0 heterocycles. The van der Waals surface area contributed by atoms with E-state index in [4.69, 9.17) is 0 Å². The average molecular weight is 258 g/mol. The monoisotopic (exact) mass is 258 g/mol. The summed E-state index contributed by atoms with van der Waals surface area (Å²) in [4.78, 5) is 24.3. The molecule has 3 heteroatoms. The van der Waals surface area contributed by atoms with E-state index >= 15 is 0 Å². The molecule has 1 aliphatic carbocycles. The molecule has 1 aromatic carbocycles. The fraction of sp³-hybridized carbons (Fsp3) is 0.375. The molecule has 100 valence electrons. The number of carbonyl (C=O) groups is 2. The van der Waals surface area contributed by atoms with Crippen molar-refractivity contribution in [3.8, 4) is 0 Å². The van der Waals surface area contributed by atoms with E-state index in [-0.39, 0.29) is 11.4 Å². The molecular formula is C16H18O3. The summed E-state index contributed by atoms with van der Waals surface area (Å²) in [5.41, 5.74) is 1.83. The number of allylic oxidation sites excluding steroid dienone is 2. The minimum atomic E-state index is -0.417. The summed E-state index contributed by atoms with van der Waals surface area (Å²) in [5.74, 6) is -1.07. The molecule has 3 nitrogen and oxygen atoms in total. The number of fused-ring (bicyclic) bond motifs is 1. The van der Waals surface area contributed by atoms with Gasteiger partial charge < -0.3 is 5.11 Å². The van der Waals surface area contributed by atoms with E-state index in [0.29, 0.717) is 11.1 Å². The van der Waals surface area contributed by atoms with E-state index in [0.717, 1.165) is 31.2 Å². The fourth-order valence-electron chi connectivity index (χ4n) is 2.43. The zero-order valence-electron chi connectivity index (χ0n) is 11.3. The third kappa shape index (κ3) is 2.33. The van der Waals surface area contributed by atoms with Crippen LogP contribution < -0.4 is 0 Å². The van der Waals surface area contributed by atoms with E-state index in [1.807, 2.05) is 6.07 Å². The van der Waals surface area contributed by atoms with Gasteiger partial charge in [0, 0.05) is 16.7 Å². The van der Waals surface area contributed by atoms with Gasteiger partial charge in [-0.25, -0.2) is 0 Å². The van der Waals surface area contributed by atoms with Crippen molar-refractivity contribution < 1.29 is 14.7 Å². The molecule has 0 aliphatic heterocycles. The van der Waals surface area contributed by atoms with Gasteiger partial charge in [-0.05, 0) is 25.3 Å². The van der Waals surface area contributed by atoms with Gasteiger partial charge in [-0.2, -0.15) is 0 Å². The van der Waals surface area contributed by atoms with Crippen molar-refractivity contribution in [2.24, 2.45) is 0 Å². The highest BCUT2D eigenvalue weighted by atomic mass is 16.3. The third-order valence-corrected chi connectivity index (χ3v) is 3.58. The molecule has 1 aliphatic rings. The number of rotatable bonds is 4. The van der Waals surface area contributed by atoms with Gasteiger partial charge in [0.15, 0.2) is 11.5 Å². The van der Waals surface area contributed by atoms with E-state index < -0.39 is 11.5 Å². The van der Waals surface area contributed by atoms with Crippen LogP contribution in [0.5, 0.6) is 0 Å². The number of carbonyl (C=O) groups excluding carboxylic acids is 2. The quantitative estimate of drug-likeness (QED) is 0.839. The lowest BCUT2D eigenvalue weighted by Gasteiger charge is -2.18. The minimum absolute atomic E-state index is 0.142. The van der Waals surface area contributed by atoms with Crippen LogP contribution >= 0.6 is 0 Å². The van der Waals surface area contributed by atoms with Crippen molar-refractivity contribution in [2.75, 3.05) is 0 Å². The van der Waals surface area contributed by atoms with Crippen molar-refractivity contribution in [3.63, 3.8) is 0 Å². The molecule has 0 fully saturated rings. The number of hydrogen-bond donors (Lipinski definition) is 1. The fourth-order valence-corrected chi connectivity index (χ4v) is 2.43. The first-order chi connectivity index (χ1) is 9.07. The zero-order valence-corrected chi connectivity index (χ0v) is 11.3. The molecule has 2 rings (SSSR count). The maximum Gasteiger partial charge on any atom is 0.228 e. The molecule has 0 atom stereocenters. The van der Waals surface area contributed by atoms with Crippen LogP contribution in [0.3, 0.4) is 0 Å². The predicted molar refractivity (Wildman–Crippen MR) is 73.7 cm³/mol. The Balaban J connectivity index is 2.44. The second-order valence-electron chi connectivity index (χ2n) is 4.93. The third-order valence-electron chi connectivity index (χ3n) is 3.58. The van der Waals surface area contributed by atoms with Crippen molar-refractivity contribution >= 4 is 11.6 Å². The second-order valence-corrected chi connectivity index (χ2v) is 4.93.